The molecule has 1 aromatic rings. The molecule has 22 heavy (non-hydrogen) atoms. The Hall–Kier alpha value is -1.16. The molecule has 0 aliphatic heterocycles. The van der Waals surface area contributed by atoms with Crippen LogP contribution in [0.2, 0.25) is 0 Å². The fourth-order valence-electron chi connectivity index (χ4n) is 1.52. The second-order valence-corrected chi connectivity index (χ2v) is 10.6. The van der Waals surface area contributed by atoms with E-state index in [1.165, 1.54) is 19.1 Å². The first-order valence-corrected chi connectivity index (χ1v) is 9.73. The van der Waals surface area contributed by atoms with E-state index in [1.54, 1.807) is 24.3 Å². The van der Waals surface area contributed by atoms with Crippen molar-refractivity contribution in [2.45, 2.75) is 11.0 Å². The summed E-state index contributed by atoms with van der Waals surface area (Å²) in [6.45, 7) is 8.27. The molecule has 0 bridgehead atoms. The third-order valence-electron chi connectivity index (χ3n) is 2.70. The van der Waals surface area contributed by atoms with Gasteiger partial charge < -0.3 is 0 Å². The summed E-state index contributed by atoms with van der Waals surface area (Å²) in [5.41, 5.74) is 0. The molecule has 1 N–H and O–H groups in total. The average molecular weight is 389 g/mol. The molecule has 7 heteroatoms. The molecule has 5 nitrogen and oxygen atoms in total. The summed E-state index contributed by atoms with van der Waals surface area (Å²) in [5.74, 6) is -1.21. The Bertz CT molecular complexity index is 559. The van der Waals surface area contributed by atoms with Crippen molar-refractivity contribution in [2.24, 2.45) is 0 Å². The van der Waals surface area contributed by atoms with Gasteiger partial charge in [0.05, 0.1) is 0 Å². The van der Waals surface area contributed by atoms with E-state index < -0.39 is 32.6 Å². The molecule has 0 heterocycles. The number of carbonyl (C=O) groups is 1. The molecule has 0 aliphatic carbocycles. The summed E-state index contributed by atoms with van der Waals surface area (Å²) in [5, 5.41) is 9.66. The van der Waals surface area contributed by atoms with E-state index >= 15 is 0 Å². The van der Waals surface area contributed by atoms with Crippen LogP contribution in [0.1, 0.15) is 6.92 Å². The van der Waals surface area contributed by atoms with Crippen LogP contribution in [-0.2, 0) is 18.4 Å². The summed E-state index contributed by atoms with van der Waals surface area (Å²) < 4.78 is 22.8. The van der Waals surface area contributed by atoms with Crippen molar-refractivity contribution in [3.63, 3.8) is 0 Å². The van der Waals surface area contributed by atoms with E-state index in [9.17, 15) is 14.5 Å². The van der Waals surface area contributed by atoms with Crippen LogP contribution in [0.15, 0.2) is 55.6 Å². The van der Waals surface area contributed by atoms with Crippen molar-refractivity contribution >= 4 is 33.0 Å². The van der Waals surface area contributed by atoms with Gasteiger partial charge in [-0.05, 0) is 0 Å². The number of carboxylic acids is 1. The van der Waals surface area contributed by atoms with Crippen molar-refractivity contribution in [1.82, 2.24) is 0 Å². The van der Waals surface area contributed by atoms with Gasteiger partial charge in [0, 0.05) is 0 Å². The molecule has 0 aromatic heterocycles. The minimum absolute atomic E-state index is 0.0534. The summed E-state index contributed by atoms with van der Waals surface area (Å²) in [6.07, 6.45) is 2.81. The van der Waals surface area contributed by atoms with Gasteiger partial charge in [-0.25, -0.2) is 0 Å². The molecule has 0 fully saturated rings. The molecular formula is C15H19O5PSe. The molecule has 0 aliphatic rings. The van der Waals surface area contributed by atoms with Crippen molar-refractivity contribution in [1.29, 1.82) is 0 Å². The van der Waals surface area contributed by atoms with Crippen LogP contribution in [0.4, 0.5) is 0 Å². The van der Waals surface area contributed by atoms with Gasteiger partial charge in [-0.3, -0.25) is 0 Å². The van der Waals surface area contributed by atoms with Crippen molar-refractivity contribution in [3.8, 4) is 0 Å². The van der Waals surface area contributed by atoms with Gasteiger partial charge in [-0.1, -0.05) is 0 Å². The molecule has 0 amide bonds. The summed E-state index contributed by atoms with van der Waals surface area (Å²) in [6, 6.07) is 9.04. The van der Waals surface area contributed by atoms with Crippen LogP contribution >= 0.6 is 7.60 Å². The van der Waals surface area contributed by atoms with Crippen LogP contribution in [0.3, 0.4) is 0 Å². The first-order valence-electron chi connectivity index (χ1n) is 6.48. The van der Waals surface area contributed by atoms with E-state index in [1.807, 2.05) is 6.07 Å². The van der Waals surface area contributed by atoms with Crippen LogP contribution in [-0.4, -0.2) is 43.3 Å². The number of hydrogen-bond donors (Lipinski definition) is 1. The Labute approximate surface area is 136 Å². The van der Waals surface area contributed by atoms with Crippen LogP contribution in [0.5, 0.6) is 0 Å². The second-order valence-electron chi connectivity index (χ2n) is 4.37. The zero-order chi connectivity index (χ0) is 16.6. The van der Waals surface area contributed by atoms with Gasteiger partial charge in [-0.2, -0.15) is 0 Å². The number of benzene rings is 1. The Morgan fingerprint density at radius 3 is 2.18 bits per heavy atom. The molecule has 0 radical (unpaired) electrons. The van der Waals surface area contributed by atoms with Gasteiger partial charge in [0.15, 0.2) is 0 Å². The predicted molar refractivity (Wildman–Crippen MR) is 87.8 cm³/mol. The summed E-state index contributed by atoms with van der Waals surface area (Å²) in [4.78, 5) is 11.8. The SMILES string of the molecule is C=CCOP(=O)(OCC=C)C(C)([Se]c1ccccc1)C(=O)O. The van der Waals surface area contributed by atoms with Crippen LogP contribution in [0, 0.1) is 0 Å². The third-order valence-corrected chi connectivity index (χ3v) is 9.07. The molecule has 1 unspecified atom stereocenters. The van der Waals surface area contributed by atoms with E-state index in [0.29, 0.717) is 0 Å². The van der Waals surface area contributed by atoms with Crippen LogP contribution in [0.25, 0.3) is 0 Å². The number of rotatable bonds is 10. The number of aliphatic carboxylic acids is 1. The maximum absolute atomic E-state index is 13.1. The third kappa shape index (κ3) is 4.42. The molecule has 0 saturated heterocycles. The first kappa shape index (κ1) is 18.9. The predicted octanol–water partition coefficient (Wildman–Crippen LogP) is 2.42. The molecule has 1 aromatic carbocycles. The molecule has 1 rings (SSSR count). The van der Waals surface area contributed by atoms with Crippen molar-refractivity contribution < 1.29 is 23.5 Å². The Morgan fingerprint density at radius 1 is 1.27 bits per heavy atom. The Kier molecular flexibility index (Phi) is 7.27. The Morgan fingerprint density at radius 2 is 1.77 bits per heavy atom. The van der Waals surface area contributed by atoms with E-state index in [0.717, 1.165) is 4.46 Å². The first-order chi connectivity index (χ1) is 10.4. The summed E-state index contributed by atoms with van der Waals surface area (Å²) in [7, 11) is -3.91. The van der Waals surface area contributed by atoms with Gasteiger partial charge in [0.1, 0.15) is 0 Å². The molecular weight excluding hydrogens is 370 g/mol. The van der Waals surface area contributed by atoms with Crippen LogP contribution < -0.4 is 4.46 Å². The van der Waals surface area contributed by atoms with Gasteiger partial charge in [-0.15, -0.1) is 0 Å². The topological polar surface area (TPSA) is 72.8 Å². The van der Waals surface area contributed by atoms with E-state index in [4.69, 9.17) is 9.05 Å². The maximum atomic E-state index is 13.1. The zero-order valence-corrected chi connectivity index (χ0v) is 14.9. The van der Waals surface area contributed by atoms with E-state index in [-0.39, 0.29) is 13.2 Å². The molecule has 0 spiro atoms. The molecule has 120 valence electrons. The molecule has 1 atom stereocenters. The van der Waals surface area contributed by atoms with Crippen molar-refractivity contribution in [2.75, 3.05) is 13.2 Å². The standard InChI is InChI=1S/C15H19O5PSe/c1-4-11-19-21(18,20-12-5-2)15(3,14(16)17)22-13-9-7-6-8-10-13/h4-10H,1-2,11-12H2,3H3,(H,16,17). The van der Waals surface area contributed by atoms with Gasteiger partial charge in [0.2, 0.25) is 0 Å². The van der Waals surface area contributed by atoms with E-state index in [2.05, 4.69) is 13.2 Å². The zero-order valence-electron chi connectivity index (χ0n) is 12.3. The van der Waals surface area contributed by atoms with Gasteiger partial charge >= 0.3 is 136 Å². The average Bonchev–Trinajstić information content (AvgIpc) is 2.51. The number of hydrogen-bond acceptors (Lipinski definition) is 4. The Balaban J connectivity index is 3.20. The fourth-order valence-corrected chi connectivity index (χ4v) is 6.71. The van der Waals surface area contributed by atoms with Gasteiger partial charge in [0.25, 0.3) is 0 Å². The second kappa shape index (κ2) is 8.47. The van der Waals surface area contributed by atoms with Crippen molar-refractivity contribution in [3.05, 3.63) is 55.6 Å². The number of carboxylic acid groups (broad SMARTS) is 1. The fraction of sp³-hybridized carbons (Fsp3) is 0.267. The summed E-state index contributed by atoms with van der Waals surface area (Å²) >= 11 is -0.655. The quantitative estimate of drug-likeness (QED) is 0.378. The normalized spacial score (nSPS) is 14.0. The minimum atomic E-state index is -3.91. The monoisotopic (exact) mass is 390 g/mol. The molecule has 0 saturated carbocycles.